The second kappa shape index (κ2) is 5.28. The molecule has 1 aromatic carbocycles. The molecule has 19 heavy (non-hydrogen) atoms. The van der Waals surface area contributed by atoms with Gasteiger partial charge in [-0.15, -0.1) is 0 Å². The molecule has 0 amide bonds. The topological polar surface area (TPSA) is 80.7 Å². The van der Waals surface area contributed by atoms with Gasteiger partial charge in [-0.1, -0.05) is 23.2 Å². The number of carboxylic acid groups (broad SMARTS) is 1. The summed E-state index contributed by atoms with van der Waals surface area (Å²) in [6.45, 7) is 0.449. The molecule has 1 aliphatic rings. The van der Waals surface area contributed by atoms with E-state index in [0.29, 0.717) is 13.0 Å². The monoisotopic (exact) mass is 324 g/mol. The Balaban J connectivity index is 2.55. The molecular weight excluding hydrogens is 315 g/mol. The summed E-state index contributed by atoms with van der Waals surface area (Å²) in [5.41, 5.74) is -0.288. The van der Waals surface area contributed by atoms with E-state index >= 15 is 0 Å². The van der Waals surface area contributed by atoms with E-state index in [1.807, 2.05) is 0 Å². The number of benzene rings is 1. The largest absolute Gasteiger partial charge is 0.478 e. The number of ether oxygens (including phenoxy) is 1. The van der Waals surface area contributed by atoms with Crippen LogP contribution in [0, 0.1) is 0 Å². The zero-order chi connectivity index (χ0) is 14.2. The second-order valence-electron chi connectivity index (χ2n) is 4.10. The van der Waals surface area contributed by atoms with Gasteiger partial charge < -0.3 is 9.84 Å². The Labute approximate surface area is 120 Å². The molecule has 104 valence electrons. The van der Waals surface area contributed by atoms with Crippen LogP contribution in [-0.2, 0) is 14.6 Å². The van der Waals surface area contributed by atoms with E-state index < -0.39 is 21.1 Å². The van der Waals surface area contributed by atoms with Gasteiger partial charge in [-0.2, -0.15) is 0 Å². The molecule has 0 spiro atoms. The van der Waals surface area contributed by atoms with Gasteiger partial charge in [-0.05, 0) is 18.6 Å². The summed E-state index contributed by atoms with van der Waals surface area (Å²) in [6.07, 6.45) is 0.365. The van der Waals surface area contributed by atoms with Crippen LogP contribution >= 0.6 is 23.2 Å². The van der Waals surface area contributed by atoms with Crippen LogP contribution in [0.5, 0.6) is 0 Å². The Bertz CT molecular complexity index is 620. The van der Waals surface area contributed by atoms with Gasteiger partial charge in [0.25, 0.3) is 0 Å². The zero-order valence-corrected chi connectivity index (χ0v) is 11.9. The minimum absolute atomic E-state index is 0.0816. The predicted molar refractivity (Wildman–Crippen MR) is 69.8 cm³/mol. The Morgan fingerprint density at radius 2 is 2.00 bits per heavy atom. The smallest absolute Gasteiger partial charge is 0.337 e. The Kier molecular flexibility index (Phi) is 4.06. The third-order valence-corrected chi connectivity index (χ3v) is 5.82. The highest BCUT2D eigenvalue weighted by atomic mass is 35.5. The van der Waals surface area contributed by atoms with E-state index in [1.54, 1.807) is 0 Å². The number of halogens is 2. The third kappa shape index (κ3) is 2.72. The van der Waals surface area contributed by atoms with Gasteiger partial charge >= 0.3 is 5.97 Å². The molecule has 0 aromatic heterocycles. The average Bonchev–Trinajstić information content (AvgIpc) is 2.81. The lowest BCUT2D eigenvalue weighted by Crippen LogP contribution is -2.22. The van der Waals surface area contributed by atoms with Crippen molar-refractivity contribution >= 4 is 39.0 Å². The van der Waals surface area contributed by atoms with Crippen molar-refractivity contribution in [2.24, 2.45) is 0 Å². The highest BCUT2D eigenvalue weighted by Gasteiger charge is 2.33. The molecule has 8 heteroatoms. The van der Waals surface area contributed by atoms with Crippen molar-refractivity contribution in [1.29, 1.82) is 0 Å². The molecule has 0 aliphatic carbocycles. The van der Waals surface area contributed by atoms with Crippen molar-refractivity contribution in [2.75, 3.05) is 13.2 Å². The van der Waals surface area contributed by atoms with E-state index in [-0.39, 0.29) is 27.1 Å². The maximum Gasteiger partial charge on any atom is 0.337 e. The number of rotatable bonds is 3. The average molecular weight is 325 g/mol. The molecule has 1 heterocycles. The maximum absolute atomic E-state index is 12.3. The van der Waals surface area contributed by atoms with Gasteiger partial charge in [0, 0.05) is 6.61 Å². The number of hydrogen-bond acceptors (Lipinski definition) is 4. The van der Waals surface area contributed by atoms with Crippen molar-refractivity contribution in [3.63, 3.8) is 0 Å². The van der Waals surface area contributed by atoms with Crippen molar-refractivity contribution in [1.82, 2.24) is 0 Å². The van der Waals surface area contributed by atoms with Crippen LogP contribution in [-0.4, -0.2) is 38.0 Å². The molecule has 1 N–H and O–H groups in total. The summed E-state index contributed by atoms with van der Waals surface area (Å²) in [5.74, 6) is -1.30. The summed E-state index contributed by atoms with van der Waals surface area (Å²) in [6, 6.07) is 2.13. The minimum atomic E-state index is -3.72. The summed E-state index contributed by atoms with van der Waals surface area (Å²) >= 11 is 11.6. The van der Waals surface area contributed by atoms with Crippen LogP contribution in [0.2, 0.25) is 10.0 Å². The lowest BCUT2D eigenvalue weighted by atomic mass is 10.2. The van der Waals surface area contributed by atoms with Crippen molar-refractivity contribution in [2.45, 2.75) is 16.6 Å². The van der Waals surface area contributed by atoms with Crippen LogP contribution < -0.4 is 0 Å². The van der Waals surface area contributed by atoms with Gasteiger partial charge in [0.2, 0.25) is 0 Å². The zero-order valence-electron chi connectivity index (χ0n) is 9.60. The Hall–Kier alpha value is -0.820. The second-order valence-corrected chi connectivity index (χ2v) is 7.11. The van der Waals surface area contributed by atoms with Crippen molar-refractivity contribution < 1.29 is 23.1 Å². The molecular formula is C11H10Cl2O5S. The summed E-state index contributed by atoms with van der Waals surface area (Å²) < 4.78 is 29.7. The fourth-order valence-electron chi connectivity index (χ4n) is 1.85. The molecule has 1 saturated heterocycles. The molecule has 0 radical (unpaired) electrons. The van der Waals surface area contributed by atoms with Gasteiger partial charge in [0.15, 0.2) is 9.84 Å². The molecule has 0 bridgehead atoms. The first kappa shape index (κ1) is 14.6. The molecule has 1 aliphatic heterocycles. The molecule has 1 atom stereocenters. The van der Waals surface area contributed by atoms with E-state index in [4.69, 9.17) is 33.0 Å². The maximum atomic E-state index is 12.3. The van der Waals surface area contributed by atoms with E-state index in [0.717, 1.165) is 12.1 Å². The molecule has 1 unspecified atom stereocenters. The highest BCUT2D eigenvalue weighted by molar-refractivity contribution is 7.92. The predicted octanol–water partition coefficient (Wildman–Crippen LogP) is 2.25. The van der Waals surface area contributed by atoms with E-state index in [9.17, 15) is 13.2 Å². The molecule has 1 fully saturated rings. The first-order chi connectivity index (χ1) is 8.84. The van der Waals surface area contributed by atoms with Crippen molar-refractivity contribution in [3.05, 3.63) is 27.7 Å². The van der Waals surface area contributed by atoms with Gasteiger partial charge in [0.1, 0.15) is 0 Å². The number of carboxylic acids is 1. The van der Waals surface area contributed by atoms with Crippen molar-refractivity contribution in [3.8, 4) is 0 Å². The van der Waals surface area contributed by atoms with Crippen LogP contribution in [0.25, 0.3) is 0 Å². The number of hydrogen-bond donors (Lipinski definition) is 1. The number of carbonyl (C=O) groups is 1. The van der Waals surface area contributed by atoms with Gasteiger partial charge in [-0.25, -0.2) is 13.2 Å². The van der Waals surface area contributed by atoms with Crippen LogP contribution in [0.15, 0.2) is 17.0 Å². The lowest BCUT2D eigenvalue weighted by molar-refractivity contribution is 0.0697. The molecule has 0 saturated carbocycles. The van der Waals surface area contributed by atoms with Crippen LogP contribution in [0.1, 0.15) is 16.8 Å². The van der Waals surface area contributed by atoms with Gasteiger partial charge in [-0.3, -0.25) is 0 Å². The molecule has 5 nitrogen and oxygen atoms in total. The third-order valence-electron chi connectivity index (χ3n) is 2.89. The first-order valence-electron chi connectivity index (χ1n) is 5.38. The SMILES string of the molecule is O=C(O)c1cc(S(=O)(=O)C2CCOC2)c(Cl)cc1Cl. The highest BCUT2D eigenvalue weighted by Crippen LogP contribution is 2.32. The summed E-state index contributed by atoms with van der Waals surface area (Å²) in [5, 5.41) is 8.08. The van der Waals surface area contributed by atoms with Crippen LogP contribution in [0.3, 0.4) is 0 Å². The Morgan fingerprint density at radius 3 is 2.53 bits per heavy atom. The fourth-order valence-corrected chi connectivity index (χ4v) is 4.29. The van der Waals surface area contributed by atoms with Crippen LogP contribution in [0.4, 0.5) is 0 Å². The Morgan fingerprint density at radius 1 is 1.32 bits per heavy atom. The summed E-state index contributed by atoms with van der Waals surface area (Å²) in [7, 11) is -3.72. The first-order valence-corrected chi connectivity index (χ1v) is 7.68. The molecule has 2 rings (SSSR count). The standard InChI is InChI=1S/C11H10Cl2O5S/c12-8-4-9(13)10(3-7(8)11(14)15)19(16,17)6-1-2-18-5-6/h3-4,6H,1-2,5H2,(H,14,15). The van der Waals surface area contributed by atoms with E-state index in [1.165, 1.54) is 0 Å². The van der Waals surface area contributed by atoms with E-state index in [2.05, 4.69) is 0 Å². The lowest BCUT2D eigenvalue weighted by Gasteiger charge is -2.12. The number of sulfone groups is 1. The molecule has 1 aromatic rings. The normalized spacial score (nSPS) is 19.6. The fraction of sp³-hybridized carbons (Fsp3) is 0.364. The van der Waals surface area contributed by atoms with Gasteiger partial charge in [0.05, 0.1) is 32.4 Å². The summed E-state index contributed by atoms with van der Waals surface area (Å²) in [4.78, 5) is 10.8. The minimum Gasteiger partial charge on any atom is -0.478 e. The quantitative estimate of drug-likeness (QED) is 0.922. The number of aromatic carboxylic acids is 1.